The minimum Gasteiger partial charge on any atom is -0.467 e. The Kier molecular flexibility index (Phi) is 2.33. The number of hydrogen-bond acceptors (Lipinski definition) is 4. The highest BCUT2D eigenvalue weighted by Crippen LogP contribution is 2.52. The Morgan fingerprint density at radius 3 is 2.22 bits per heavy atom. The fourth-order valence-electron chi connectivity index (χ4n) is 3.58. The average Bonchev–Trinajstić information content (AvgIpc) is 3.02. The number of amides is 2. The molecule has 18 heavy (non-hydrogen) atoms. The summed E-state index contributed by atoms with van der Waals surface area (Å²) in [5.41, 5.74) is 0. The van der Waals surface area contributed by atoms with E-state index in [1.54, 1.807) is 0 Å². The minimum atomic E-state index is -0.819. The van der Waals surface area contributed by atoms with Crippen molar-refractivity contribution in [1.29, 1.82) is 0 Å². The molecule has 2 amide bonds. The van der Waals surface area contributed by atoms with Gasteiger partial charge in [0.2, 0.25) is 11.8 Å². The molecule has 3 aliphatic rings. The van der Waals surface area contributed by atoms with Crippen LogP contribution in [0.5, 0.6) is 0 Å². The molecule has 5 atom stereocenters. The van der Waals surface area contributed by atoms with E-state index in [-0.39, 0.29) is 35.5 Å². The highest BCUT2D eigenvalue weighted by Gasteiger charge is 2.60. The summed E-state index contributed by atoms with van der Waals surface area (Å²) in [4.78, 5) is 37.2. The Balaban J connectivity index is 1.90. The van der Waals surface area contributed by atoms with Gasteiger partial charge in [0.05, 0.1) is 18.9 Å². The van der Waals surface area contributed by atoms with Gasteiger partial charge in [-0.1, -0.05) is 12.2 Å². The summed E-state index contributed by atoms with van der Waals surface area (Å²) in [7, 11) is 1.26. The van der Waals surface area contributed by atoms with Crippen LogP contribution >= 0.6 is 0 Å². The van der Waals surface area contributed by atoms with Crippen molar-refractivity contribution >= 4 is 17.8 Å². The lowest BCUT2D eigenvalue weighted by molar-refractivity contribution is -0.156. The fourth-order valence-corrected chi connectivity index (χ4v) is 3.58. The Labute approximate surface area is 105 Å². The topological polar surface area (TPSA) is 63.7 Å². The molecule has 2 aliphatic carbocycles. The molecule has 96 valence electrons. The van der Waals surface area contributed by atoms with Crippen molar-refractivity contribution in [2.45, 2.75) is 19.4 Å². The monoisotopic (exact) mass is 249 g/mol. The first kappa shape index (κ1) is 11.4. The molecule has 0 N–H and O–H groups in total. The number of fused-ring (bicyclic) bond motifs is 5. The van der Waals surface area contributed by atoms with Crippen LogP contribution in [0, 0.1) is 23.7 Å². The Bertz CT molecular complexity index is 440. The van der Waals surface area contributed by atoms with Crippen molar-refractivity contribution in [2.75, 3.05) is 7.11 Å². The molecule has 3 rings (SSSR count). The van der Waals surface area contributed by atoms with Crippen LogP contribution in [-0.4, -0.2) is 35.8 Å². The number of imide groups is 1. The van der Waals surface area contributed by atoms with Gasteiger partial charge in [-0.3, -0.25) is 14.5 Å². The van der Waals surface area contributed by atoms with Crippen molar-refractivity contribution < 1.29 is 19.1 Å². The van der Waals surface area contributed by atoms with E-state index in [9.17, 15) is 14.4 Å². The SMILES string of the molecule is COC(=O)[C@H](C)N1C(=O)[C@@H]2[C@H](C1=O)[C@H]1C=C[C@@H]2C1. The van der Waals surface area contributed by atoms with Gasteiger partial charge < -0.3 is 4.74 Å². The van der Waals surface area contributed by atoms with Gasteiger partial charge in [-0.05, 0) is 25.2 Å². The van der Waals surface area contributed by atoms with Crippen molar-refractivity contribution in [3.05, 3.63) is 12.2 Å². The predicted molar refractivity (Wildman–Crippen MR) is 61.0 cm³/mol. The van der Waals surface area contributed by atoms with Crippen molar-refractivity contribution in [1.82, 2.24) is 4.90 Å². The highest BCUT2D eigenvalue weighted by atomic mass is 16.5. The van der Waals surface area contributed by atoms with E-state index in [1.807, 2.05) is 12.2 Å². The zero-order valence-corrected chi connectivity index (χ0v) is 10.3. The van der Waals surface area contributed by atoms with Crippen molar-refractivity contribution in [2.24, 2.45) is 23.7 Å². The first-order valence-corrected chi connectivity index (χ1v) is 6.19. The first-order chi connectivity index (χ1) is 8.56. The summed E-state index contributed by atoms with van der Waals surface area (Å²) in [5, 5.41) is 0. The van der Waals surface area contributed by atoms with Crippen LogP contribution < -0.4 is 0 Å². The molecule has 2 bridgehead atoms. The second-order valence-corrected chi connectivity index (χ2v) is 5.25. The van der Waals surface area contributed by atoms with E-state index in [0.29, 0.717) is 0 Å². The number of allylic oxidation sites excluding steroid dienone is 2. The zero-order chi connectivity index (χ0) is 13.0. The molecule has 1 heterocycles. The maximum absolute atomic E-state index is 12.3. The lowest BCUT2D eigenvalue weighted by Gasteiger charge is -2.22. The summed E-state index contributed by atoms with van der Waals surface area (Å²) in [6.45, 7) is 1.54. The zero-order valence-electron chi connectivity index (χ0n) is 10.3. The largest absolute Gasteiger partial charge is 0.467 e. The third kappa shape index (κ3) is 1.24. The van der Waals surface area contributed by atoms with Crippen LogP contribution in [0.25, 0.3) is 0 Å². The van der Waals surface area contributed by atoms with E-state index in [1.165, 1.54) is 14.0 Å². The van der Waals surface area contributed by atoms with Crippen LogP contribution in [0.2, 0.25) is 0 Å². The van der Waals surface area contributed by atoms with Gasteiger partial charge in [-0.15, -0.1) is 0 Å². The molecule has 0 radical (unpaired) electrons. The molecule has 5 heteroatoms. The van der Waals surface area contributed by atoms with Crippen LogP contribution in [0.1, 0.15) is 13.3 Å². The number of rotatable bonds is 2. The number of carbonyl (C=O) groups is 3. The summed E-state index contributed by atoms with van der Waals surface area (Å²) < 4.78 is 4.61. The van der Waals surface area contributed by atoms with Crippen molar-refractivity contribution in [3.63, 3.8) is 0 Å². The maximum atomic E-state index is 12.3. The second-order valence-electron chi connectivity index (χ2n) is 5.25. The molecule has 2 fully saturated rings. The Morgan fingerprint density at radius 1 is 1.28 bits per heavy atom. The number of esters is 1. The number of methoxy groups -OCH3 is 1. The van der Waals surface area contributed by atoms with Gasteiger partial charge in [-0.25, -0.2) is 4.79 Å². The minimum absolute atomic E-state index is 0.172. The molecule has 0 aromatic rings. The van der Waals surface area contributed by atoms with Crippen LogP contribution in [-0.2, 0) is 19.1 Å². The van der Waals surface area contributed by atoms with Crippen LogP contribution in [0.3, 0.4) is 0 Å². The smallest absolute Gasteiger partial charge is 0.328 e. The van der Waals surface area contributed by atoms with Gasteiger partial charge >= 0.3 is 5.97 Å². The summed E-state index contributed by atoms with van der Waals surface area (Å²) in [6.07, 6.45) is 4.96. The number of ether oxygens (including phenoxy) is 1. The number of likely N-dealkylation sites (tertiary alicyclic amines) is 1. The fraction of sp³-hybridized carbons (Fsp3) is 0.615. The molecular formula is C13H15NO4. The summed E-state index contributed by atoms with van der Waals surface area (Å²) in [6, 6.07) is -0.819. The molecule has 0 aromatic heterocycles. The summed E-state index contributed by atoms with van der Waals surface area (Å²) in [5.74, 6) is -1.12. The molecule has 0 spiro atoms. The highest BCUT2D eigenvalue weighted by molar-refractivity contribution is 6.08. The number of hydrogen-bond donors (Lipinski definition) is 0. The first-order valence-electron chi connectivity index (χ1n) is 6.19. The lowest BCUT2D eigenvalue weighted by Crippen LogP contribution is -2.45. The van der Waals surface area contributed by atoms with E-state index in [0.717, 1.165) is 11.3 Å². The van der Waals surface area contributed by atoms with Crippen molar-refractivity contribution in [3.8, 4) is 0 Å². The number of nitrogens with zero attached hydrogens (tertiary/aromatic N) is 1. The van der Waals surface area contributed by atoms with Gasteiger partial charge in [0.15, 0.2) is 0 Å². The van der Waals surface area contributed by atoms with Gasteiger partial charge in [0.25, 0.3) is 0 Å². The van der Waals surface area contributed by atoms with E-state index in [2.05, 4.69) is 4.74 Å². The van der Waals surface area contributed by atoms with Gasteiger partial charge in [-0.2, -0.15) is 0 Å². The quantitative estimate of drug-likeness (QED) is 0.402. The standard InChI is InChI=1S/C13H15NO4/c1-6(13(17)18-2)14-11(15)9-7-3-4-8(5-7)10(9)12(14)16/h3-4,6-10H,5H2,1-2H3/t6-,7-,8+,9+,10-/m0/s1. The van der Waals surface area contributed by atoms with E-state index < -0.39 is 12.0 Å². The molecule has 1 aliphatic heterocycles. The molecular weight excluding hydrogens is 234 g/mol. The molecule has 1 saturated heterocycles. The molecule has 1 saturated carbocycles. The van der Waals surface area contributed by atoms with Gasteiger partial charge in [0, 0.05) is 0 Å². The van der Waals surface area contributed by atoms with E-state index >= 15 is 0 Å². The second kappa shape index (κ2) is 3.67. The van der Waals surface area contributed by atoms with Crippen LogP contribution in [0.4, 0.5) is 0 Å². The third-order valence-electron chi connectivity index (χ3n) is 4.43. The summed E-state index contributed by atoms with van der Waals surface area (Å²) >= 11 is 0. The van der Waals surface area contributed by atoms with Gasteiger partial charge in [0.1, 0.15) is 6.04 Å². The Hall–Kier alpha value is -1.65. The molecule has 5 nitrogen and oxygen atoms in total. The van der Waals surface area contributed by atoms with Crippen LogP contribution in [0.15, 0.2) is 12.2 Å². The predicted octanol–water partition coefficient (Wildman–Crippen LogP) is 0.355. The molecule has 0 aromatic carbocycles. The maximum Gasteiger partial charge on any atom is 0.328 e. The van der Waals surface area contributed by atoms with E-state index in [4.69, 9.17) is 0 Å². The normalized spacial score (nSPS) is 38.2. The third-order valence-corrected chi connectivity index (χ3v) is 4.43. The lowest BCUT2D eigenvalue weighted by atomic mass is 9.85. The average molecular weight is 249 g/mol. The Morgan fingerprint density at radius 2 is 1.78 bits per heavy atom. The molecule has 0 unspecified atom stereocenters. The number of carbonyl (C=O) groups excluding carboxylic acids is 3.